The molecule has 0 unspecified atom stereocenters. The minimum absolute atomic E-state index is 0.380. The van der Waals surface area contributed by atoms with Crippen LogP contribution >= 0.6 is 11.8 Å². The molecule has 1 aromatic rings. The fourth-order valence-electron chi connectivity index (χ4n) is 0.979. The molecule has 16 heavy (non-hydrogen) atoms. The van der Waals surface area contributed by atoms with Crippen LogP contribution in [0, 0.1) is 18.3 Å². The van der Waals surface area contributed by atoms with Crippen molar-refractivity contribution in [2.24, 2.45) is 0 Å². The summed E-state index contributed by atoms with van der Waals surface area (Å²) in [5.74, 6) is -1.18. The van der Waals surface area contributed by atoms with E-state index < -0.39 is 10.7 Å². The molecule has 0 spiro atoms. The maximum atomic E-state index is 10.9. The van der Waals surface area contributed by atoms with E-state index in [1.165, 1.54) is 13.8 Å². The fraction of sp³-hybridized carbons (Fsp3) is 0.364. The summed E-state index contributed by atoms with van der Waals surface area (Å²) < 4.78 is -1.10. The Morgan fingerprint density at radius 1 is 1.56 bits per heavy atom. The molecule has 4 nitrogen and oxygen atoms in total. The summed E-state index contributed by atoms with van der Waals surface area (Å²) in [4.78, 5) is 15.0. The van der Waals surface area contributed by atoms with E-state index in [9.17, 15) is 9.90 Å². The molecule has 0 N–H and O–H groups in total. The number of nitrogens with zero attached hydrogens (tertiary/aromatic N) is 2. The third-order valence-corrected chi connectivity index (χ3v) is 3.14. The van der Waals surface area contributed by atoms with Gasteiger partial charge in [0.1, 0.15) is 11.1 Å². The third-order valence-electron chi connectivity index (χ3n) is 1.96. The second-order valence-corrected chi connectivity index (χ2v) is 5.43. The van der Waals surface area contributed by atoms with E-state index in [0.29, 0.717) is 10.6 Å². The summed E-state index contributed by atoms with van der Waals surface area (Å²) in [6, 6.07) is 5.34. The van der Waals surface area contributed by atoms with Crippen LogP contribution in [0.3, 0.4) is 0 Å². The van der Waals surface area contributed by atoms with Gasteiger partial charge in [-0.05, 0) is 32.9 Å². The van der Waals surface area contributed by atoms with Crippen molar-refractivity contribution in [1.29, 1.82) is 5.26 Å². The van der Waals surface area contributed by atoms with Gasteiger partial charge in [-0.2, -0.15) is 5.26 Å². The molecule has 0 atom stereocenters. The van der Waals surface area contributed by atoms with Crippen molar-refractivity contribution in [2.75, 3.05) is 0 Å². The topological polar surface area (TPSA) is 76.8 Å². The number of hydrogen-bond acceptors (Lipinski definition) is 5. The maximum Gasteiger partial charge on any atom is 0.115 e. The Labute approximate surface area is 98.3 Å². The number of nitriles is 1. The van der Waals surface area contributed by atoms with Gasteiger partial charge in [0.25, 0.3) is 0 Å². The monoisotopic (exact) mass is 235 g/mol. The zero-order valence-corrected chi connectivity index (χ0v) is 10.1. The van der Waals surface area contributed by atoms with Crippen molar-refractivity contribution in [3.63, 3.8) is 0 Å². The van der Waals surface area contributed by atoms with Gasteiger partial charge in [-0.25, -0.2) is 4.98 Å². The van der Waals surface area contributed by atoms with Crippen molar-refractivity contribution in [2.45, 2.75) is 30.5 Å². The van der Waals surface area contributed by atoms with Gasteiger partial charge in [0.05, 0.1) is 16.3 Å². The van der Waals surface area contributed by atoms with Gasteiger partial charge in [-0.15, -0.1) is 0 Å². The highest BCUT2D eigenvalue weighted by Crippen LogP contribution is 2.32. The summed E-state index contributed by atoms with van der Waals surface area (Å²) in [6.07, 6.45) is 0. The molecule has 0 amide bonds. The summed E-state index contributed by atoms with van der Waals surface area (Å²) in [7, 11) is 0. The lowest BCUT2D eigenvalue weighted by atomic mass is 10.2. The number of aryl methyl sites for hydroxylation is 1. The summed E-state index contributed by atoms with van der Waals surface area (Å²) in [5.41, 5.74) is 1.13. The van der Waals surface area contributed by atoms with Gasteiger partial charge in [0, 0.05) is 5.69 Å². The van der Waals surface area contributed by atoms with Gasteiger partial charge >= 0.3 is 0 Å². The van der Waals surface area contributed by atoms with Crippen LogP contribution in [0.25, 0.3) is 0 Å². The van der Waals surface area contributed by atoms with Crippen molar-refractivity contribution in [1.82, 2.24) is 4.98 Å². The number of carbonyl (C=O) groups is 1. The number of hydrogen-bond donors (Lipinski definition) is 0. The molecule has 0 aromatic carbocycles. The van der Waals surface area contributed by atoms with Gasteiger partial charge in [0.2, 0.25) is 0 Å². The van der Waals surface area contributed by atoms with Gasteiger partial charge in [0.15, 0.2) is 0 Å². The number of rotatable bonds is 3. The molecule has 0 aliphatic rings. The predicted molar refractivity (Wildman–Crippen MR) is 58.6 cm³/mol. The first-order valence-electron chi connectivity index (χ1n) is 4.65. The number of aliphatic carboxylic acids is 1. The first kappa shape index (κ1) is 12.5. The maximum absolute atomic E-state index is 10.9. The first-order valence-corrected chi connectivity index (χ1v) is 5.46. The van der Waals surface area contributed by atoms with E-state index >= 15 is 0 Å². The molecule has 0 saturated carbocycles. The molecule has 1 rings (SSSR count). The third kappa shape index (κ3) is 2.74. The molecular formula is C11H11N2O2S-. The van der Waals surface area contributed by atoms with Gasteiger partial charge in [-0.1, -0.05) is 11.8 Å². The molecule has 1 heterocycles. The highest BCUT2D eigenvalue weighted by molar-refractivity contribution is 8.01. The second kappa shape index (κ2) is 4.54. The summed E-state index contributed by atoms with van der Waals surface area (Å²) in [5, 5.41) is 20.2. The molecular weight excluding hydrogens is 224 g/mol. The van der Waals surface area contributed by atoms with E-state index in [-0.39, 0.29) is 0 Å². The minimum atomic E-state index is -1.18. The Kier molecular flexibility index (Phi) is 3.55. The Balaban J connectivity index is 3.10. The number of thioether (sulfide) groups is 1. The Morgan fingerprint density at radius 3 is 2.69 bits per heavy atom. The minimum Gasteiger partial charge on any atom is -0.549 e. The number of carbonyl (C=O) groups excluding carboxylic acids is 1. The van der Waals surface area contributed by atoms with Crippen LogP contribution in [-0.4, -0.2) is 15.7 Å². The molecule has 0 fully saturated rings. The highest BCUT2D eigenvalue weighted by atomic mass is 32.2. The normalized spacial score (nSPS) is 10.9. The second-order valence-electron chi connectivity index (χ2n) is 3.82. The fourth-order valence-corrected chi connectivity index (χ4v) is 1.96. The zero-order chi connectivity index (χ0) is 12.3. The van der Waals surface area contributed by atoms with Crippen molar-refractivity contribution in [3.8, 4) is 6.07 Å². The van der Waals surface area contributed by atoms with Crippen molar-refractivity contribution < 1.29 is 9.90 Å². The van der Waals surface area contributed by atoms with Crippen LogP contribution in [0.5, 0.6) is 0 Å². The first-order chi connectivity index (χ1) is 7.36. The Hall–Kier alpha value is -1.54. The Morgan fingerprint density at radius 2 is 2.19 bits per heavy atom. The van der Waals surface area contributed by atoms with Crippen LogP contribution in [0.1, 0.15) is 25.1 Å². The van der Waals surface area contributed by atoms with E-state index in [4.69, 9.17) is 5.26 Å². The summed E-state index contributed by atoms with van der Waals surface area (Å²) in [6.45, 7) is 4.84. The van der Waals surface area contributed by atoms with Crippen LogP contribution in [0.4, 0.5) is 0 Å². The Bertz CT molecular complexity index is 464. The SMILES string of the molecule is Cc1ccc(C#N)c(SC(C)(C)C(=O)[O-])n1. The lowest BCUT2D eigenvalue weighted by Crippen LogP contribution is -2.41. The van der Waals surface area contributed by atoms with E-state index in [0.717, 1.165) is 17.5 Å². The van der Waals surface area contributed by atoms with Crippen molar-refractivity contribution >= 4 is 17.7 Å². The number of aromatic nitrogens is 1. The lowest BCUT2D eigenvalue weighted by Gasteiger charge is -2.24. The van der Waals surface area contributed by atoms with Crippen molar-refractivity contribution in [3.05, 3.63) is 23.4 Å². The van der Waals surface area contributed by atoms with Gasteiger partial charge in [-0.3, -0.25) is 0 Å². The van der Waals surface area contributed by atoms with Gasteiger partial charge < -0.3 is 9.90 Å². The summed E-state index contributed by atoms with van der Waals surface area (Å²) >= 11 is 1.02. The molecule has 1 aromatic heterocycles. The van der Waals surface area contributed by atoms with Crippen LogP contribution in [0.15, 0.2) is 17.2 Å². The largest absolute Gasteiger partial charge is 0.549 e. The highest BCUT2D eigenvalue weighted by Gasteiger charge is 2.23. The quantitative estimate of drug-likeness (QED) is 0.727. The van der Waals surface area contributed by atoms with E-state index in [1.807, 2.05) is 6.07 Å². The molecule has 5 heteroatoms. The van der Waals surface area contributed by atoms with E-state index in [2.05, 4.69) is 4.98 Å². The van der Waals surface area contributed by atoms with E-state index in [1.54, 1.807) is 19.1 Å². The average Bonchev–Trinajstić information content (AvgIpc) is 2.17. The predicted octanol–water partition coefficient (Wildman–Crippen LogP) is 0.882. The average molecular weight is 235 g/mol. The molecule has 84 valence electrons. The lowest BCUT2D eigenvalue weighted by molar-refractivity contribution is -0.308. The smallest absolute Gasteiger partial charge is 0.115 e. The zero-order valence-electron chi connectivity index (χ0n) is 9.27. The molecule has 0 radical (unpaired) electrons. The van der Waals surface area contributed by atoms with Crippen LogP contribution in [0.2, 0.25) is 0 Å². The standard InChI is InChI=1S/C11H12N2O2S/c1-7-4-5-8(6-12)9(13-7)16-11(2,3)10(14)15/h4-5H,1-3H3,(H,14,15)/p-1. The molecule has 0 bridgehead atoms. The molecule has 0 aliphatic carbocycles. The van der Waals surface area contributed by atoms with Crippen LogP contribution in [-0.2, 0) is 4.79 Å². The molecule has 0 aliphatic heterocycles. The molecule has 0 saturated heterocycles. The van der Waals surface area contributed by atoms with Crippen LogP contribution < -0.4 is 5.11 Å². The number of carboxylic acids is 1. The number of pyridine rings is 1. The number of carboxylic acid groups (broad SMARTS) is 1.